The molecule has 34 heavy (non-hydrogen) atoms. The van der Waals surface area contributed by atoms with Crippen molar-refractivity contribution < 1.29 is 27.5 Å². The molecule has 9 heteroatoms. The lowest BCUT2D eigenvalue weighted by atomic mass is 9.96. The normalized spacial score (nSPS) is 17.1. The van der Waals surface area contributed by atoms with Crippen LogP contribution < -0.4 is 5.32 Å². The molecule has 1 aromatic rings. The topological polar surface area (TPSA) is 61.9 Å². The monoisotopic (exact) mass is 483 g/mol. The van der Waals surface area contributed by atoms with Crippen molar-refractivity contribution in [3.63, 3.8) is 0 Å². The molecule has 0 radical (unpaired) electrons. The molecule has 190 valence electrons. The van der Waals surface area contributed by atoms with Crippen molar-refractivity contribution in [1.29, 1.82) is 0 Å². The van der Waals surface area contributed by atoms with Crippen molar-refractivity contribution in [1.82, 2.24) is 15.1 Å². The molecule has 1 saturated heterocycles. The lowest BCUT2D eigenvalue weighted by molar-refractivity contribution is -0.174. The van der Waals surface area contributed by atoms with Gasteiger partial charge in [-0.3, -0.25) is 9.69 Å². The first-order chi connectivity index (χ1) is 15.8. The van der Waals surface area contributed by atoms with Gasteiger partial charge >= 0.3 is 18.2 Å². The standard InChI is InChI=1S/C25H36F3N3O3/c1-6-7-8-9-21(30-14-16-31(17-15-30)23(33)34-24(3,4)5)20-12-10-19(11-13-20)18(2)29-22(32)25(26,27)28/h6,10-13,18,21H,1,7-9,14-17H2,2-5H3,(H,29,32)/t18-,21?/m0/s1. The Kier molecular flexibility index (Phi) is 9.55. The van der Waals surface area contributed by atoms with Crippen molar-refractivity contribution in [3.05, 3.63) is 48.0 Å². The molecule has 1 unspecified atom stereocenters. The number of halogens is 3. The Morgan fingerprint density at radius 3 is 2.15 bits per heavy atom. The third kappa shape index (κ3) is 8.34. The summed E-state index contributed by atoms with van der Waals surface area (Å²) in [6, 6.07) is 6.67. The summed E-state index contributed by atoms with van der Waals surface area (Å²) in [5.74, 6) is -1.95. The number of hydrogen-bond donors (Lipinski definition) is 1. The van der Waals surface area contributed by atoms with E-state index in [1.165, 1.54) is 6.92 Å². The summed E-state index contributed by atoms with van der Waals surface area (Å²) in [6.07, 6.45) is -0.627. The highest BCUT2D eigenvalue weighted by Gasteiger charge is 2.39. The van der Waals surface area contributed by atoms with Gasteiger partial charge in [-0.15, -0.1) is 6.58 Å². The van der Waals surface area contributed by atoms with Gasteiger partial charge in [-0.25, -0.2) is 4.79 Å². The fourth-order valence-corrected chi connectivity index (χ4v) is 3.93. The second-order valence-corrected chi connectivity index (χ2v) is 9.60. The van der Waals surface area contributed by atoms with Gasteiger partial charge in [0, 0.05) is 32.2 Å². The molecule has 1 fully saturated rings. The number of hydrogen-bond acceptors (Lipinski definition) is 4. The maximum absolute atomic E-state index is 12.6. The van der Waals surface area contributed by atoms with E-state index >= 15 is 0 Å². The highest BCUT2D eigenvalue weighted by molar-refractivity contribution is 5.82. The Balaban J connectivity index is 2.07. The second kappa shape index (κ2) is 11.7. The van der Waals surface area contributed by atoms with Crippen LogP contribution in [0, 0.1) is 0 Å². The van der Waals surface area contributed by atoms with E-state index in [9.17, 15) is 22.8 Å². The fourth-order valence-electron chi connectivity index (χ4n) is 3.93. The van der Waals surface area contributed by atoms with Crippen LogP contribution >= 0.6 is 0 Å². The van der Waals surface area contributed by atoms with E-state index < -0.39 is 23.7 Å². The quantitative estimate of drug-likeness (QED) is 0.399. The zero-order chi connectivity index (χ0) is 25.5. The Hall–Kier alpha value is -2.55. The zero-order valence-corrected chi connectivity index (χ0v) is 20.5. The van der Waals surface area contributed by atoms with Crippen molar-refractivity contribution >= 4 is 12.0 Å². The van der Waals surface area contributed by atoms with E-state index in [0.29, 0.717) is 31.7 Å². The van der Waals surface area contributed by atoms with E-state index in [4.69, 9.17) is 4.74 Å². The van der Waals surface area contributed by atoms with Crippen molar-refractivity contribution in [2.45, 2.75) is 70.8 Å². The van der Waals surface area contributed by atoms with Gasteiger partial charge in [-0.2, -0.15) is 13.2 Å². The number of unbranched alkanes of at least 4 members (excludes halogenated alkanes) is 1. The minimum atomic E-state index is -4.91. The lowest BCUT2D eigenvalue weighted by Gasteiger charge is -2.40. The molecule has 1 aliphatic rings. The molecular formula is C25H36F3N3O3. The van der Waals surface area contributed by atoms with Gasteiger partial charge in [0.2, 0.25) is 0 Å². The molecule has 0 bridgehead atoms. The van der Waals surface area contributed by atoms with E-state index in [1.54, 1.807) is 17.0 Å². The number of nitrogens with zero attached hydrogens (tertiary/aromatic N) is 2. The Bertz CT molecular complexity index is 827. The summed E-state index contributed by atoms with van der Waals surface area (Å²) < 4.78 is 43.1. The molecule has 0 aliphatic carbocycles. The first kappa shape index (κ1) is 27.7. The molecule has 0 aromatic heterocycles. The van der Waals surface area contributed by atoms with Gasteiger partial charge in [0.25, 0.3) is 0 Å². The molecule has 2 amide bonds. The number of benzene rings is 1. The molecule has 1 aromatic carbocycles. The second-order valence-electron chi connectivity index (χ2n) is 9.60. The number of allylic oxidation sites excluding steroid dienone is 1. The summed E-state index contributed by atoms with van der Waals surface area (Å²) >= 11 is 0. The largest absolute Gasteiger partial charge is 0.471 e. The maximum atomic E-state index is 12.6. The highest BCUT2D eigenvalue weighted by atomic mass is 19.4. The molecule has 2 rings (SSSR count). The number of carbonyl (C=O) groups excluding carboxylic acids is 2. The number of alkyl halides is 3. The van der Waals surface area contributed by atoms with Crippen LogP contribution in [-0.2, 0) is 9.53 Å². The van der Waals surface area contributed by atoms with Crippen molar-refractivity contribution in [2.75, 3.05) is 26.2 Å². The molecule has 1 aliphatic heterocycles. The van der Waals surface area contributed by atoms with Gasteiger partial charge < -0.3 is 15.0 Å². The number of ether oxygens (including phenoxy) is 1. The molecular weight excluding hydrogens is 447 g/mol. The van der Waals surface area contributed by atoms with E-state index in [-0.39, 0.29) is 12.1 Å². The van der Waals surface area contributed by atoms with Gasteiger partial charge in [-0.05, 0) is 58.1 Å². The van der Waals surface area contributed by atoms with Gasteiger partial charge in [0.05, 0.1) is 6.04 Å². The molecule has 1 N–H and O–H groups in total. The average Bonchev–Trinajstić information content (AvgIpc) is 2.75. The number of carbonyl (C=O) groups is 2. The number of nitrogens with one attached hydrogen (secondary N) is 1. The van der Waals surface area contributed by atoms with Crippen LogP contribution in [0.25, 0.3) is 0 Å². The van der Waals surface area contributed by atoms with Crippen LogP contribution in [0.1, 0.15) is 70.2 Å². The zero-order valence-electron chi connectivity index (χ0n) is 20.5. The summed E-state index contributed by atoms with van der Waals surface area (Å²) in [4.78, 5) is 27.7. The Morgan fingerprint density at radius 2 is 1.65 bits per heavy atom. The van der Waals surface area contributed by atoms with Crippen LogP contribution in [0.2, 0.25) is 0 Å². The first-order valence-corrected chi connectivity index (χ1v) is 11.6. The average molecular weight is 484 g/mol. The third-order valence-corrected chi connectivity index (χ3v) is 5.72. The first-order valence-electron chi connectivity index (χ1n) is 11.6. The summed E-state index contributed by atoms with van der Waals surface area (Å²) in [5, 5.41) is 1.99. The van der Waals surface area contributed by atoms with Crippen LogP contribution in [0.4, 0.5) is 18.0 Å². The van der Waals surface area contributed by atoms with Crippen LogP contribution in [0.15, 0.2) is 36.9 Å². The Labute approximate surface area is 200 Å². The summed E-state index contributed by atoms with van der Waals surface area (Å²) in [6.45, 7) is 13.3. The third-order valence-electron chi connectivity index (χ3n) is 5.72. The Morgan fingerprint density at radius 1 is 1.09 bits per heavy atom. The van der Waals surface area contributed by atoms with Crippen molar-refractivity contribution in [2.24, 2.45) is 0 Å². The molecule has 0 saturated carbocycles. The van der Waals surface area contributed by atoms with Crippen LogP contribution in [0.3, 0.4) is 0 Å². The number of amides is 2. The minimum absolute atomic E-state index is 0.106. The molecule has 2 atom stereocenters. The SMILES string of the molecule is C=CCCCC(c1ccc([C@H](C)NC(=O)C(F)(F)F)cc1)N1CCN(C(=O)OC(C)(C)C)CC1. The predicted molar refractivity (Wildman–Crippen MR) is 125 cm³/mol. The number of piperazine rings is 1. The smallest absolute Gasteiger partial charge is 0.444 e. The van der Waals surface area contributed by atoms with Gasteiger partial charge in [0.15, 0.2) is 0 Å². The maximum Gasteiger partial charge on any atom is 0.471 e. The van der Waals surface area contributed by atoms with Crippen molar-refractivity contribution in [3.8, 4) is 0 Å². The predicted octanol–water partition coefficient (Wildman–Crippen LogP) is 5.38. The van der Waals surface area contributed by atoms with E-state index in [0.717, 1.165) is 24.8 Å². The van der Waals surface area contributed by atoms with E-state index in [1.807, 2.05) is 44.3 Å². The van der Waals surface area contributed by atoms with Crippen LogP contribution in [-0.4, -0.2) is 59.8 Å². The minimum Gasteiger partial charge on any atom is -0.444 e. The fraction of sp³-hybridized carbons (Fsp3) is 0.600. The molecule has 0 spiro atoms. The summed E-state index contributed by atoms with van der Waals surface area (Å²) in [7, 11) is 0. The summed E-state index contributed by atoms with van der Waals surface area (Å²) in [5.41, 5.74) is 1.11. The highest BCUT2D eigenvalue weighted by Crippen LogP contribution is 2.29. The number of rotatable bonds is 8. The lowest BCUT2D eigenvalue weighted by Crippen LogP contribution is -2.50. The van der Waals surface area contributed by atoms with Crippen LogP contribution in [0.5, 0.6) is 0 Å². The van der Waals surface area contributed by atoms with E-state index in [2.05, 4.69) is 11.5 Å². The van der Waals surface area contributed by atoms with Gasteiger partial charge in [0.1, 0.15) is 5.60 Å². The molecule has 1 heterocycles. The molecule has 6 nitrogen and oxygen atoms in total. The van der Waals surface area contributed by atoms with Gasteiger partial charge in [-0.1, -0.05) is 30.3 Å².